The molecule has 4 nitrogen and oxygen atoms in total. The average Bonchev–Trinajstić information content (AvgIpc) is 2.46. The monoisotopic (exact) mass is 338 g/mol. The first kappa shape index (κ1) is 21.5. The number of rotatable bonds is 10. The first-order valence-electron chi connectivity index (χ1n) is 7.99. The van der Waals surface area contributed by atoms with E-state index >= 15 is 4.39 Å². The second-order valence-corrected chi connectivity index (χ2v) is 8.95. The predicted octanol–water partition coefficient (Wildman–Crippen LogP) is 3.48. The molecule has 0 bridgehead atoms. The van der Waals surface area contributed by atoms with Crippen LogP contribution in [-0.4, -0.2) is 38.2 Å². The maximum absolute atomic E-state index is 15.1. The number of esters is 1. The van der Waals surface area contributed by atoms with Gasteiger partial charge in [-0.25, -0.2) is 9.18 Å². The molecule has 0 aromatic carbocycles. The van der Waals surface area contributed by atoms with Crippen molar-refractivity contribution in [1.29, 1.82) is 0 Å². The standard InChI is InChI=1S/C16H31FO4S/c1-6-7-8-9-10-11-12-13(18)16(17,14(19)21-5)22(20)15(2,3)4/h13,18H,6-12H2,1-5H3/t13-,16+,22?/m0/s1. The third kappa shape index (κ3) is 5.95. The van der Waals surface area contributed by atoms with Gasteiger partial charge >= 0.3 is 11.0 Å². The highest BCUT2D eigenvalue weighted by Gasteiger charge is 2.55. The van der Waals surface area contributed by atoms with Gasteiger partial charge in [0.2, 0.25) is 0 Å². The summed E-state index contributed by atoms with van der Waals surface area (Å²) < 4.78 is 30.9. The highest BCUT2D eigenvalue weighted by molar-refractivity contribution is 7.88. The lowest BCUT2D eigenvalue weighted by Crippen LogP contribution is -2.54. The number of hydrogen-bond donors (Lipinski definition) is 1. The van der Waals surface area contributed by atoms with Gasteiger partial charge in [-0.15, -0.1) is 0 Å². The number of aliphatic hydroxyl groups is 1. The first-order chi connectivity index (χ1) is 10.1. The third-order valence-electron chi connectivity index (χ3n) is 3.55. The highest BCUT2D eigenvalue weighted by Crippen LogP contribution is 2.33. The number of aliphatic hydroxyl groups excluding tert-OH is 1. The summed E-state index contributed by atoms with van der Waals surface area (Å²) in [6.07, 6.45) is 4.35. The quantitative estimate of drug-likeness (QED) is 0.489. The van der Waals surface area contributed by atoms with Crippen molar-refractivity contribution in [3.05, 3.63) is 0 Å². The van der Waals surface area contributed by atoms with Crippen LogP contribution in [0.25, 0.3) is 0 Å². The van der Waals surface area contributed by atoms with E-state index in [2.05, 4.69) is 11.7 Å². The van der Waals surface area contributed by atoms with Gasteiger partial charge in [0.05, 0.1) is 17.9 Å². The summed E-state index contributed by atoms with van der Waals surface area (Å²) in [5, 5.41) is 7.26. The molecule has 1 N–H and O–H groups in total. The lowest BCUT2D eigenvalue weighted by Gasteiger charge is -2.32. The number of hydrogen-bond acceptors (Lipinski definition) is 4. The molecule has 0 saturated heterocycles. The van der Waals surface area contributed by atoms with Crippen LogP contribution in [0.2, 0.25) is 0 Å². The van der Waals surface area contributed by atoms with Crippen LogP contribution in [0, 0.1) is 0 Å². The lowest BCUT2D eigenvalue weighted by atomic mass is 10.0. The minimum absolute atomic E-state index is 0.0968. The van der Waals surface area contributed by atoms with E-state index in [4.69, 9.17) is 0 Å². The van der Waals surface area contributed by atoms with E-state index in [1.54, 1.807) is 20.8 Å². The van der Waals surface area contributed by atoms with Crippen molar-refractivity contribution in [3.63, 3.8) is 0 Å². The largest absolute Gasteiger partial charge is 0.466 e. The van der Waals surface area contributed by atoms with Crippen molar-refractivity contribution < 1.29 is 23.2 Å². The summed E-state index contributed by atoms with van der Waals surface area (Å²) in [6, 6.07) is 0. The van der Waals surface area contributed by atoms with Crippen LogP contribution in [0.4, 0.5) is 4.39 Å². The zero-order chi connectivity index (χ0) is 17.4. The Kier molecular flexibility index (Phi) is 9.39. The molecule has 0 amide bonds. The van der Waals surface area contributed by atoms with Crippen LogP contribution in [0.1, 0.15) is 72.6 Å². The summed E-state index contributed by atoms with van der Waals surface area (Å²) in [4.78, 5) is 11.8. The molecular formula is C16H31FO4S. The molecule has 0 fully saturated rings. The fourth-order valence-corrected chi connectivity index (χ4v) is 3.71. The Labute approximate surface area is 136 Å². The normalized spacial score (nSPS) is 17.6. The number of carbonyl (C=O) groups excluding carboxylic acids is 1. The van der Waals surface area contributed by atoms with E-state index in [-0.39, 0.29) is 6.42 Å². The lowest BCUT2D eigenvalue weighted by molar-refractivity contribution is -0.154. The Morgan fingerprint density at radius 3 is 2.14 bits per heavy atom. The number of carbonyl (C=O) groups is 1. The van der Waals surface area contributed by atoms with Crippen LogP contribution in [0.3, 0.4) is 0 Å². The summed E-state index contributed by atoms with van der Waals surface area (Å²) >= 11 is 0. The molecule has 0 spiro atoms. The van der Waals surface area contributed by atoms with Gasteiger partial charge in [0, 0.05) is 4.75 Å². The molecule has 0 aromatic heterocycles. The number of methoxy groups -OCH3 is 1. The molecule has 0 aliphatic carbocycles. The van der Waals surface area contributed by atoms with Crippen molar-refractivity contribution in [3.8, 4) is 0 Å². The van der Waals surface area contributed by atoms with Gasteiger partial charge in [0.25, 0.3) is 0 Å². The number of unbranched alkanes of at least 4 members (excludes halogenated alkanes) is 5. The molecule has 0 aromatic rings. The molecule has 1 unspecified atom stereocenters. The first-order valence-corrected chi connectivity index (χ1v) is 9.14. The topological polar surface area (TPSA) is 63.6 Å². The van der Waals surface area contributed by atoms with Crippen LogP contribution in [-0.2, 0) is 20.3 Å². The molecule has 0 rings (SSSR count). The van der Waals surface area contributed by atoms with Crippen molar-refractivity contribution >= 4 is 16.8 Å². The second kappa shape index (κ2) is 9.60. The molecular weight excluding hydrogens is 307 g/mol. The van der Waals surface area contributed by atoms with Crippen molar-refractivity contribution in [1.82, 2.24) is 0 Å². The molecule has 0 saturated carbocycles. The van der Waals surface area contributed by atoms with Gasteiger partial charge in [0.15, 0.2) is 0 Å². The summed E-state index contributed by atoms with van der Waals surface area (Å²) in [5.74, 6) is -1.26. The van der Waals surface area contributed by atoms with Gasteiger partial charge < -0.3 is 9.84 Å². The maximum Gasteiger partial charge on any atom is 0.359 e. The predicted molar refractivity (Wildman–Crippen MR) is 87.8 cm³/mol. The summed E-state index contributed by atoms with van der Waals surface area (Å²) in [5.41, 5.74) is 0. The van der Waals surface area contributed by atoms with E-state index in [0.29, 0.717) is 6.42 Å². The molecule has 22 heavy (non-hydrogen) atoms. The maximum atomic E-state index is 15.1. The molecule has 6 heteroatoms. The van der Waals surface area contributed by atoms with E-state index in [9.17, 15) is 14.1 Å². The minimum Gasteiger partial charge on any atom is -0.466 e. The van der Waals surface area contributed by atoms with Crippen LogP contribution >= 0.6 is 0 Å². The van der Waals surface area contributed by atoms with Crippen LogP contribution in [0.15, 0.2) is 0 Å². The Bertz CT molecular complexity index is 368. The molecule has 3 atom stereocenters. The second-order valence-electron chi connectivity index (χ2n) is 6.59. The number of halogens is 1. The average molecular weight is 338 g/mol. The zero-order valence-electron chi connectivity index (χ0n) is 14.5. The summed E-state index contributed by atoms with van der Waals surface area (Å²) in [7, 11) is -1.17. The van der Waals surface area contributed by atoms with E-state index in [0.717, 1.165) is 39.2 Å². The number of alkyl halides is 1. The smallest absolute Gasteiger partial charge is 0.359 e. The highest BCUT2D eigenvalue weighted by atomic mass is 32.2. The molecule has 0 heterocycles. The van der Waals surface area contributed by atoms with Gasteiger partial charge in [0.1, 0.15) is 6.10 Å². The third-order valence-corrected chi connectivity index (χ3v) is 5.64. The molecule has 0 radical (unpaired) electrons. The Balaban J connectivity index is 4.76. The fourth-order valence-electron chi connectivity index (χ4n) is 2.22. The fraction of sp³-hybridized carbons (Fsp3) is 0.938. The SMILES string of the molecule is CCCCCCCC[C@H](O)[C@](F)(C(=O)OC)S(=O)C(C)(C)C. The van der Waals surface area contributed by atoms with Gasteiger partial charge in [-0.1, -0.05) is 45.4 Å². The van der Waals surface area contributed by atoms with E-state index in [1.807, 2.05) is 0 Å². The molecule has 0 aliphatic heterocycles. The minimum atomic E-state index is -2.88. The van der Waals surface area contributed by atoms with Crippen LogP contribution < -0.4 is 0 Å². The van der Waals surface area contributed by atoms with E-state index < -0.39 is 32.6 Å². The van der Waals surface area contributed by atoms with Crippen LogP contribution in [0.5, 0.6) is 0 Å². The van der Waals surface area contributed by atoms with Crippen molar-refractivity contribution in [2.45, 2.75) is 88.5 Å². The Hall–Kier alpha value is -0.490. The van der Waals surface area contributed by atoms with E-state index in [1.165, 1.54) is 0 Å². The van der Waals surface area contributed by atoms with Gasteiger partial charge in [-0.3, -0.25) is 4.21 Å². The van der Waals surface area contributed by atoms with Crippen molar-refractivity contribution in [2.75, 3.05) is 7.11 Å². The number of ether oxygens (including phenoxy) is 1. The molecule has 132 valence electrons. The summed E-state index contributed by atoms with van der Waals surface area (Å²) in [6.45, 7) is 6.83. The van der Waals surface area contributed by atoms with Gasteiger partial charge in [-0.05, 0) is 27.2 Å². The Morgan fingerprint density at radius 2 is 1.68 bits per heavy atom. The van der Waals surface area contributed by atoms with Gasteiger partial charge in [-0.2, -0.15) is 0 Å². The zero-order valence-corrected chi connectivity index (χ0v) is 15.3. The molecule has 0 aliphatic rings. The Morgan fingerprint density at radius 1 is 1.18 bits per heavy atom. The van der Waals surface area contributed by atoms with Crippen molar-refractivity contribution in [2.24, 2.45) is 0 Å².